The first-order chi connectivity index (χ1) is 13.2. The first-order valence-corrected chi connectivity index (χ1v) is 9.10. The van der Waals surface area contributed by atoms with Gasteiger partial charge in [0.25, 0.3) is 11.6 Å². The number of carbonyl (C=O) groups excluding carboxylic acids is 1. The molecule has 0 spiro atoms. The lowest BCUT2D eigenvalue weighted by Gasteiger charge is -2.27. The van der Waals surface area contributed by atoms with Crippen molar-refractivity contribution in [3.05, 3.63) is 34.9 Å². The number of furan rings is 1. The largest absolute Gasteiger partial charge is 0.480 e. The van der Waals surface area contributed by atoms with Crippen LogP contribution in [0.15, 0.2) is 21.1 Å². The molecule has 3 rings (SSSR count). The lowest BCUT2D eigenvalue weighted by molar-refractivity contribution is -0.138. The van der Waals surface area contributed by atoms with Gasteiger partial charge < -0.3 is 18.9 Å². The average Bonchev–Trinajstić information content (AvgIpc) is 3.19. The van der Waals surface area contributed by atoms with E-state index in [0.717, 1.165) is 11.3 Å². The number of carbonyl (C=O) groups is 2. The second kappa shape index (κ2) is 7.46. The highest BCUT2D eigenvalue weighted by Crippen LogP contribution is 2.31. The van der Waals surface area contributed by atoms with Gasteiger partial charge in [-0.25, -0.2) is 4.98 Å². The number of hydrogen-bond acceptors (Lipinski definition) is 6. The summed E-state index contributed by atoms with van der Waals surface area (Å²) in [6, 6.07) is 3.25. The number of rotatable bonds is 6. The zero-order valence-corrected chi connectivity index (χ0v) is 16.6. The van der Waals surface area contributed by atoms with Crippen LogP contribution in [0.5, 0.6) is 0 Å². The summed E-state index contributed by atoms with van der Waals surface area (Å²) in [6.45, 7) is 8.71. The third kappa shape index (κ3) is 3.49. The van der Waals surface area contributed by atoms with Gasteiger partial charge in [0.15, 0.2) is 0 Å². The molecular weight excluding hydrogens is 362 g/mol. The molecule has 148 valence electrons. The fraction of sp³-hybridized carbons (Fsp3) is 0.400. The van der Waals surface area contributed by atoms with Crippen molar-refractivity contribution in [2.75, 3.05) is 6.54 Å². The SMILES string of the molecule is CCC(C)N(CC(=O)O)C(=O)c1cc(-c2cc(C)oc2C)nc2onc(C)c12. The minimum Gasteiger partial charge on any atom is -0.480 e. The predicted octanol–water partition coefficient (Wildman–Crippen LogP) is 3.73. The van der Waals surface area contributed by atoms with E-state index in [-0.39, 0.29) is 18.3 Å². The van der Waals surface area contributed by atoms with Crippen LogP contribution in [-0.2, 0) is 4.79 Å². The number of carboxylic acids is 1. The van der Waals surface area contributed by atoms with E-state index in [1.54, 1.807) is 13.0 Å². The molecule has 0 fully saturated rings. The minimum absolute atomic E-state index is 0.232. The van der Waals surface area contributed by atoms with Crippen LogP contribution in [0.1, 0.15) is 47.8 Å². The van der Waals surface area contributed by atoms with Gasteiger partial charge in [-0.1, -0.05) is 12.1 Å². The van der Waals surface area contributed by atoms with Gasteiger partial charge in [-0.05, 0) is 46.2 Å². The Hall–Kier alpha value is -3.16. The maximum atomic E-state index is 13.4. The second-order valence-electron chi connectivity index (χ2n) is 6.91. The van der Waals surface area contributed by atoms with Crippen LogP contribution in [-0.4, -0.2) is 44.6 Å². The van der Waals surface area contributed by atoms with Gasteiger partial charge >= 0.3 is 5.97 Å². The molecule has 1 amide bonds. The summed E-state index contributed by atoms with van der Waals surface area (Å²) in [6.07, 6.45) is 0.628. The smallest absolute Gasteiger partial charge is 0.323 e. The Kier molecular flexibility index (Phi) is 5.22. The second-order valence-corrected chi connectivity index (χ2v) is 6.91. The zero-order valence-electron chi connectivity index (χ0n) is 16.6. The normalized spacial score (nSPS) is 12.3. The summed E-state index contributed by atoms with van der Waals surface area (Å²) >= 11 is 0. The standard InChI is InChI=1S/C20H23N3O5/c1-6-10(2)23(9-17(24)25)20(26)15-8-16(14-7-11(3)27-13(14)5)21-19-18(15)12(4)22-28-19/h7-8,10H,6,9H2,1-5H3,(H,24,25). The number of nitrogens with zero attached hydrogens (tertiary/aromatic N) is 3. The molecule has 1 unspecified atom stereocenters. The quantitative estimate of drug-likeness (QED) is 0.688. The van der Waals surface area contributed by atoms with Crippen LogP contribution in [0.2, 0.25) is 0 Å². The predicted molar refractivity (Wildman–Crippen MR) is 102 cm³/mol. The molecule has 0 saturated heterocycles. The van der Waals surface area contributed by atoms with Crippen molar-refractivity contribution < 1.29 is 23.6 Å². The Morgan fingerprint density at radius 3 is 2.54 bits per heavy atom. The van der Waals surface area contributed by atoms with Crippen molar-refractivity contribution in [2.45, 2.75) is 47.1 Å². The van der Waals surface area contributed by atoms with Crippen molar-refractivity contribution in [3.63, 3.8) is 0 Å². The van der Waals surface area contributed by atoms with Gasteiger partial charge in [-0.15, -0.1) is 0 Å². The first-order valence-electron chi connectivity index (χ1n) is 9.10. The van der Waals surface area contributed by atoms with Gasteiger partial charge in [-0.3, -0.25) is 9.59 Å². The van der Waals surface area contributed by atoms with Crippen LogP contribution in [0.25, 0.3) is 22.4 Å². The molecule has 0 radical (unpaired) electrons. The monoisotopic (exact) mass is 385 g/mol. The Bertz CT molecular complexity index is 1050. The first kappa shape index (κ1) is 19.6. The summed E-state index contributed by atoms with van der Waals surface area (Å²) in [7, 11) is 0. The fourth-order valence-corrected chi connectivity index (χ4v) is 3.24. The van der Waals surface area contributed by atoms with Crippen LogP contribution in [0.3, 0.4) is 0 Å². The molecule has 3 aromatic rings. The number of hydrogen-bond donors (Lipinski definition) is 1. The molecule has 28 heavy (non-hydrogen) atoms. The van der Waals surface area contributed by atoms with Crippen molar-refractivity contribution in [2.24, 2.45) is 0 Å². The molecule has 0 aliphatic rings. The third-order valence-electron chi connectivity index (χ3n) is 4.85. The highest BCUT2D eigenvalue weighted by Gasteiger charge is 2.28. The van der Waals surface area contributed by atoms with E-state index in [1.165, 1.54) is 4.90 Å². The molecule has 0 aliphatic heterocycles. The molecule has 0 bridgehead atoms. The van der Waals surface area contributed by atoms with Crippen LogP contribution >= 0.6 is 0 Å². The Morgan fingerprint density at radius 2 is 1.96 bits per heavy atom. The van der Waals surface area contributed by atoms with E-state index in [4.69, 9.17) is 8.94 Å². The number of aryl methyl sites for hydroxylation is 3. The van der Waals surface area contributed by atoms with Crippen molar-refractivity contribution >= 4 is 23.0 Å². The molecule has 8 nitrogen and oxygen atoms in total. The summed E-state index contributed by atoms with van der Waals surface area (Å²) in [5.74, 6) is -0.0662. The number of fused-ring (bicyclic) bond motifs is 1. The molecule has 0 aromatic carbocycles. The topological polar surface area (TPSA) is 110 Å². The number of amides is 1. The van der Waals surface area contributed by atoms with Crippen LogP contribution in [0.4, 0.5) is 0 Å². The van der Waals surface area contributed by atoms with E-state index < -0.39 is 11.9 Å². The fourth-order valence-electron chi connectivity index (χ4n) is 3.24. The highest BCUT2D eigenvalue weighted by molar-refractivity contribution is 6.07. The number of carboxylic acid groups (broad SMARTS) is 1. The van der Waals surface area contributed by atoms with E-state index in [1.807, 2.05) is 33.8 Å². The van der Waals surface area contributed by atoms with E-state index in [9.17, 15) is 14.7 Å². The molecule has 3 aromatic heterocycles. The Labute approximate surface area is 162 Å². The molecule has 0 aliphatic carbocycles. The molecule has 1 atom stereocenters. The lowest BCUT2D eigenvalue weighted by atomic mass is 10.0. The van der Waals surface area contributed by atoms with Crippen molar-refractivity contribution in [1.82, 2.24) is 15.0 Å². The molecule has 8 heteroatoms. The summed E-state index contributed by atoms with van der Waals surface area (Å²) < 4.78 is 10.9. The van der Waals surface area contributed by atoms with Crippen LogP contribution in [0, 0.1) is 20.8 Å². The van der Waals surface area contributed by atoms with Gasteiger partial charge in [0, 0.05) is 11.6 Å². The van der Waals surface area contributed by atoms with Gasteiger partial charge in [0.2, 0.25) is 0 Å². The van der Waals surface area contributed by atoms with Gasteiger partial charge in [-0.2, -0.15) is 0 Å². The third-order valence-corrected chi connectivity index (χ3v) is 4.85. The Balaban J connectivity index is 2.20. The Morgan fingerprint density at radius 1 is 1.25 bits per heavy atom. The maximum Gasteiger partial charge on any atom is 0.323 e. The average molecular weight is 385 g/mol. The van der Waals surface area contributed by atoms with Crippen molar-refractivity contribution in [3.8, 4) is 11.3 Å². The molecular formula is C20H23N3O5. The van der Waals surface area contributed by atoms with Crippen molar-refractivity contribution in [1.29, 1.82) is 0 Å². The number of aliphatic carboxylic acids is 1. The zero-order chi connectivity index (χ0) is 20.6. The number of pyridine rings is 1. The maximum absolute atomic E-state index is 13.4. The molecule has 1 N–H and O–H groups in total. The summed E-state index contributed by atoms with van der Waals surface area (Å²) in [5, 5.41) is 13.7. The van der Waals surface area contributed by atoms with Gasteiger partial charge in [0.1, 0.15) is 18.1 Å². The van der Waals surface area contributed by atoms with E-state index >= 15 is 0 Å². The summed E-state index contributed by atoms with van der Waals surface area (Å²) in [4.78, 5) is 30.5. The van der Waals surface area contributed by atoms with E-state index in [2.05, 4.69) is 10.1 Å². The molecule has 3 heterocycles. The van der Waals surface area contributed by atoms with Crippen LogP contribution < -0.4 is 0 Å². The minimum atomic E-state index is -1.07. The summed E-state index contributed by atoms with van der Waals surface area (Å²) in [5.41, 5.74) is 2.34. The number of aromatic nitrogens is 2. The molecule has 0 saturated carbocycles. The highest BCUT2D eigenvalue weighted by atomic mass is 16.5. The van der Waals surface area contributed by atoms with Gasteiger partial charge in [0.05, 0.1) is 22.3 Å². The lowest BCUT2D eigenvalue weighted by Crippen LogP contribution is -2.42. The van der Waals surface area contributed by atoms with E-state index in [0.29, 0.717) is 34.5 Å².